The Bertz CT molecular complexity index is 891. The van der Waals surface area contributed by atoms with Crippen molar-refractivity contribution in [1.82, 2.24) is 19.9 Å². The van der Waals surface area contributed by atoms with E-state index in [1.165, 1.54) is 0 Å². The Kier molecular flexibility index (Phi) is 4.78. The summed E-state index contributed by atoms with van der Waals surface area (Å²) in [5.74, 6) is 0.572. The van der Waals surface area contributed by atoms with Crippen LogP contribution in [0.1, 0.15) is 16.2 Å². The van der Waals surface area contributed by atoms with Crippen molar-refractivity contribution in [1.29, 1.82) is 0 Å². The number of ether oxygens (including phenoxy) is 1. The Morgan fingerprint density at radius 3 is 3.00 bits per heavy atom. The monoisotopic (exact) mass is 344 g/mol. The first kappa shape index (κ1) is 16.4. The van der Waals surface area contributed by atoms with E-state index in [0.717, 1.165) is 11.3 Å². The number of benzene rings is 1. The SMILES string of the molecule is COCCNC(=O)c1ccc(Cl)c(-n2c(C)nc3cccnc32)c1. The molecule has 124 valence electrons. The quantitative estimate of drug-likeness (QED) is 0.723. The van der Waals surface area contributed by atoms with E-state index >= 15 is 0 Å². The van der Waals surface area contributed by atoms with E-state index in [9.17, 15) is 4.79 Å². The van der Waals surface area contributed by atoms with E-state index in [1.54, 1.807) is 31.5 Å². The summed E-state index contributed by atoms with van der Waals surface area (Å²) in [5, 5.41) is 3.32. The van der Waals surface area contributed by atoms with Gasteiger partial charge in [0.2, 0.25) is 0 Å². The maximum absolute atomic E-state index is 12.3. The summed E-state index contributed by atoms with van der Waals surface area (Å²) in [6.45, 7) is 2.78. The third kappa shape index (κ3) is 3.11. The predicted octanol–water partition coefficient (Wildman–Crippen LogP) is 2.76. The summed E-state index contributed by atoms with van der Waals surface area (Å²) >= 11 is 6.36. The highest BCUT2D eigenvalue weighted by molar-refractivity contribution is 6.32. The van der Waals surface area contributed by atoms with Crippen LogP contribution in [0.5, 0.6) is 0 Å². The first-order valence-electron chi connectivity index (χ1n) is 7.49. The number of amides is 1. The first-order valence-corrected chi connectivity index (χ1v) is 7.86. The van der Waals surface area contributed by atoms with Crippen LogP contribution in [-0.2, 0) is 4.74 Å². The number of carbonyl (C=O) groups excluding carboxylic acids is 1. The number of halogens is 1. The van der Waals surface area contributed by atoms with E-state index in [2.05, 4.69) is 15.3 Å². The highest BCUT2D eigenvalue weighted by Gasteiger charge is 2.15. The van der Waals surface area contributed by atoms with Crippen molar-refractivity contribution in [2.45, 2.75) is 6.92 Å². The van der Waals surface area contributed by atoms with Crippen molar-refractivity contribution in [2.75, 3.05) is 20.3 Å². The topological polar surface area (TPSA) is 69.0 Å². The van der Waals surface area contributed by atoms with E-state index < -0.39 is 0 Å². The lowest BCUT2D eigenvalue weighted by Gasteiger charge is -2.11. The highest BCUT2D eigenvalue weighted by Crippen LogP contribution is 2.26. The fourth-order valence-corrected chi connectivity index (χ4v) is 2.71. The molecule has 24 heavy (non-hydrogen) atoms. The normalized spacial score (nSPS) is 11.0. The molecular formula is C17H17ClN4O2. The van der Waals surface area contributed by atoms with E-state index in [1.807, 2.05) is 23.6 Å². The van der Waals surface area contributed by atoms with E-state index in [0.29, 0.717) is 35.1 Å². The van der Waals surface area contributed by atoms with Crippen LogP contribution in [0.25, 0.3) is 16.9 Å². The minimum absolute atomic E-state index is 0.181. The molecule has 3 rings (SSSR count). The van der Waals surface area contributed by atoms with Crippen LogP contribution in [0.3, 0.4) is 0 Å². The van der Waals surface area contributed by atoms with Crippen molar-refractivity contribution in [3.8, 4) is 5.69 Å². The fraction of sp³-hybridized carbons (Fsp3) is 0.235. The fourth-order valence-electron chi connectivity index (χ4n) is 2.51. The van der Waals surface area contributed by atoms with Crippen LogP contribution in [0.15, 0.2) is 36.5 Å². The summed E-state index contributed by atoms with van der Waals surface area (Å²) in [7, 11) is 1.59. The minimum atomic E-state index is -0.181. The van der Waals surface area contributed by atoms with E-state index in [-0.39, 0.29) is 5.91 Å². The summed E-state index contributed by atoms with van der Waals surface area (Å²) in [4.78, 5) is 21.1. The maximum Gasteiger partial charge on any atom is 0.251 e. The number of aromatic nitrogens is 3. The zero-order chi connectivity index (χ0) is 17.1. The molecule has 0 bridgehead atoms. The van der Waals surface area contributed by atoms with Gasteiger partial charge in [-0.2, -0.15) is 0 Å². The number of nitrogens with zero attached hydrogens (tertiary/aromatic N) is 3. The largest absolute Gasteiger partial charge is 0.383 e. The number of hydrogen-bond acceptors (Lipinski definition) is 4. The van der Waals surface area contributed by atoms with Gasteiger partial charge >= 0.3 is 0 Å². The van der Waals surface area contributed by atoms with Crippen molar-refractivity contribution >= 4 is 28.7 Å². The summed E-state index contributed by atoms with van der Waals surface area (Å²) in [5.41, 5.74) is 2.67. The molecule has 2 heterocycles. The molecule has 0 unspecified atom stereocenters. The molecule has 0 radical (unpaired) electrons. The third-order valence-corrected chi connectivity index (χ3v) is 3.94. The molecule has 6 nitrogen and oxygen atoms in total. The molecule has 0 saturated carbocycles. The maximum atomic E-state index is 12.3. The summed E-state index contributed by atoms with van der Waals surface area (Å²) in [6, 6.07) is 8.86. The van der Waals surface area contributed by atoms with Gasteiger partial charge in [0.15, 0.2) is 5.65 Å². The van der Waals surface area contributed by atoms with Gasteiger partial charge < -0.3 is 10.1 Å². The number of pyridine rings is 1. The number of methoxy groups -OCH3 is 1. The Morgan fingerprint density at radius 2 is 2.21 bits per heavy atom. The molecule has 0 spiro atoms. The van der Waals surface area contributed by atoms with Gasteiger partial charge in [0, 0.05) is 25.4 Å². The summed E-state index contributed by atoms with van der Waals surface area (Å²) in [6.07, 6.45) is 1.70. The van der Waals surface area contributed by atoms with Crippen molar-refractivity contribution in [2.24, 2.45) is 0 Å². The number of imidazole rings is 1. The van der Waals surface area contributed by atoms with Gasteiger partial charge in [0.05, 0.1) is 17.3 Å². The molecule has 1 N–H and O–H groups in total. The second-order valence-electron chi connectivity index (χ2n) is 5.26. The van der Waals surface area contributed by atoms with Crippen molar-refractivity contribution in [3.05, 3.63) is 52.9 Å². The molecule has 1 aromatic carbocycles. The lowest BCUT2D eigenvalue weighted by molar-refractivity contribution is 0.0937. The molecule has 0 aliphatic carbocycles. The lowest BCUT2D eigenvalue weighted by atomic mass is 10.2. The van der Waals surface area contributed by atoms with Gasteiger partial charge in [-0.1, -0.05) is 11.6 Å². The highest BCUT2D eigenvalue weighted by atomic mass is 35.5. The molecule has 0 aliphatic rings. The van der Waals surface area contributed by atoms with Crippen LogP contribution < -0.4 is 5.32 Å². The number of aryl methyl sites for hydroxylation is 1. The Morgan fingerprint density at radius 1 is 1.38 bits per heavy atom. The van der Waals surface area contributed by atoms with Crippen molar-refractivity contribution in [3.63, 3.8) is 0 Å². The zero-order valence-electron chi connectivity index (χ0n) is 13.4. The number of fused-ring (bicyclic) bond motifs is 1. The van der Waals surface area contributed by atoms with Crippen molar-refractivity contribution < 1.29 is 9.53 Å². The average molecular weight is 345 g/mol. The van der Waals surface area contributed by atoms with Gasteiger partial charge in [-0.15, -0.1) is 0 Å². The molecule has 0 atom stereocenters. The smallest absolute Gasteiger partial charge is 0.251 e. The van der Waals surface area contributed by atoms with Crippen LogP contribution >= 0.6 is 11.6 Å². The van der Waals surface area contributed by atoms with Crippen LogP contribution in [0, 0.1) is 6.92 Å². The second kappa shape index (κ2) is 6.98. The molecular weight excluding hydrogens is 328 g/mol. The Hall–Kier alpha value is -2.44. The average Bonchev–Trinajstić information content (AvgIpc) is 2.91. The van der Waals surface area contributed by atoms with Crippen LogP contribution in [0.2, 0.25) is 5.02 Å². The molecule has 3 aromatic rings. The zero-order valence-corrected chi connectivity index (χ0v) is 14.2. The Labute approximate surface area is 144 Å². The predicted molar refractivity (Wildman–Crippen MR) is 92.8 cm³/mol. The van der Waals surface area contributed by atoms with Gasteiger partial charge in [0.25, 0.3) is 5.91 Å². The second-order valence-corrected chi connectivity index (χ2v) is 5.66. The first-order chi connectivity index (χ1) is 11.6. The number of carbonyl (C=O) groups is 1. The molecule has 0 fully saturated rings. The van der Waals surface area contributed by atoms with Gasteiger partial charge in [0.1, 0.15) is 11.3 Å². The molecule has 7 heteroatoms. The van der Waals surface area contributed by atoms with Crippen LogP contribution in [-0.4, -0.2) is 40.7 Å². The van der Waals surface area contributed by atoms with Gasteiger partial charge in [-0.3, -0.25) is 9.36 Å². The van der Waals surface area contributed by atoms with Gasteiger partial charge in [-0.05, 0) is 37.3 Å². The minimum Gasteiger partial charge on any atom is -0.383 e. The summed E-state index contributed by atoms with van der Waals surface area (Å²) < 4.78 is 6.79. The third-order valence-electron chi connectivity index (χ3n) is 3.62. The van der Waals surface area contributed by atoms with E-state index in [4.69, 9.17) is 16.3 Å². The lowest BCUT2D eigenvalue weighted by Crippen LogP contribution is -2.27. The molecule has 0 saturated heterocycles. The van der Waals surface area contributed by atoms with Crippen LogP contribution in [0.4, 0.5) is 0 Å². The molecule has 1 amide bonds. The number of hydrogen-bond donors (Lipinski definition) is 1. The number of rotatable bonds is 5. The molecule has 2 aromatic heterocycles. The molecule has 0 aliphatic heterocycles. The number of nitrogens with one attached hydrogen (secondary N) is 1. The standard InChI is InChI=1S/C17H17ClN4O2/c1-11-21-14-4-3-7-19-16(14)22(11)15-10-12(5-6-13(15)18)17(23)20-8-9-24-2/h3-7,10H,8-9H2,1-2H3,(H,20,23). The Balaban J connectivity index is 2.03. The van der Waals surface area contributed by atoms with Gasteiger partial charge in [-0.25, -0.2) is 9.97 Å².